The molecule has 0 saturated carbocycles. The smallest absolute Gasteiger partial charge is 0.330 e. The first kappa shape index (κ1) is 19.8. The lowest BCUT2D eigenvalue weighted by Crippen LogP contribution is -2.53. The molecule has 5 rings (SSSR count). The average Bonchev–Trinajstić information content (AvgIpc) is 3.27. The molecule has 8 heteroatoms. The number of methoxy groups -OCH3 is 1. The Labute approximate surface area is 182 Å². The van der Waals surface area contributed by atoms with E-state index in [1.54, 1.807) is 7.11 Å². The van der Waals surface area contributed by atoms with Gasteiger partial charge in [-0.15, -0.1) is 0 Å². The van der Waals surface area contributed by atoms with Gasteiger partial charge in [-0.25, -0.2) is 9.78 Å². The summed E-state index contributed by atoms with van der Waals surface area (Å²) < 4.78 is 10.8. The minimum atomic E-state index is -0.0349. The second-order valence-corrected chi connectivity index (χ2v) is 7.97. The zero-order chi connectivity index (χ0) is 21.4. The summed E-state index contributed by atoms with van der Waals surface area (Å²) in [6, 6.07) is 9.96. The molecular formula is C23H27N5O3. The number of hydrogen-bond acceptors (Lipinski definition) is 6. The third kappa shape index (κ3) is 3.50. The van der Waals surface area contributed by atoms with Gasteiger partial charge in [0.25, 0.3) is 0 Å². The van der Waals surface area contributed by atoms with E-state index in [1.165, 1.54) is 0 Å². The summed E-state index contributed by atoms with van der Waals surface area (Å²) in [7, 11) is 1.65. The molecule has 0 N–H and O–H groups in total. The summed E-state index contributed by atoms with van der Waals surface area (Å²) in [6.07, 6.45) is 2.75. The van der Waals surface area contributed by atoms with Gasteiger partial charge >= 0.3 is 6.03 Å². The zero-order valence-corrected chi connectivity index (χ0v) is 18.0. The molecule has 0 spiro atoms. The van der Waals surface area contributed by atoms with Crippen LogP contribution < -0.4 is 14.5 Å². The molecule has 31 heavy (non-hydrogen) atoms. The van der Waals surface area contributed by atoms with Crippen LogP contribution in [0.1, 0.15) is 24.6 Å². The number of amidine groups is 1. The highest BCUT2D eigenvalue weighted by Gasteiger charge is 2.42. The fourth-order valence-corrected chi connectivity index (χ4v) is 4.38. The summed E-state index contributed by atoms with van der Waals surface area (Å²) in [4.78, 5) is 29.0. The number of carbonyl (C=O) groups is 1. The Kier molecular flexibility index (Phi) is 5.23. The number of amides is 2. The van der Waals surface area contributed by atoms with Crippen molar-refractivity contribution in [3.63, 3.8) is 0 Å². The number of hydrogen-bond donors (Lipinski definition) is 0. The number of ether oxygens (including phenoxy) is 2. The van der Waals surface area contributed by atoms with E-state index in [-0.39, 0.29) is 12.1 Å². The van der Waals surface area contributed by atoms with Crippen molar-refractivity contribution in [3.05, 3.63) is 47.8 Å². The molecule has 1 fully saturated rings. The Morgan fingerprint density at radius 2 is 1.97 bits per heavy atom. The van der Waals surface area contributed by atoms with Gasteiger partial charge in [-0.05, 0) is 30.2 Å². The van der Waals surface area contributed by atoms with Gasteiger partial charge in [-0.2, -0.15) is 0 Å². The van der Waals surface area contributed by atoms with Gasteiger partial charge in [0.15, 0.2) is 5.84 Å². The molecule has 2 aromatic rings. The fraction of sp³-hybridized carbons (Fsp3) is 0.435. The minimum Gasteiger partial charge on any atom is -0.497 e. The van der Waals surface area contributed by atoms with Crippen molar-refractivity contribution >= 4 is 23.2 Å². The molecule has 0 aliphatic carbocycles. The maximum absolute atomic E-state index is 13.6. The van der Waals surface area contributed by atoms with Gasteiger partial charge in [0.05, 0.1) is 57.0 Å². The Bertz CT molecular complexity index is 1000. The maximum Gasteiger partial charge on any atom is 0.330 e. The number of benzene rings is 1. The van der Waals surface area contributed by atoms with Crippen LogP contribution >= 0.6 is 0 Å². The molecule has 3 aliphatic heterocycles. The van der Waals surface area contributed by atoms with E-state index in [2.05, 4.69) is 17.9 Å². The van der Waals surface area contributed by atoms with Gasteiger partial charge in [0.1, 0.15) is 11.4 Å². The topological polar surface area (TPSA) is 70.5 Å². The van der Waals surface area contributed by atoms with Crippen LogP contribution in [-0.2, 0) is 11.3 Å². The monoisotopic (exact) mass is 421 g/mol. The molecule has 1 saturated heterocycles. The summed E-state index contributed by atoms with van der Waals surface area (Å²) in [5, 5.41) is 0. The fourth-order valence-electron chi connectivity index (χ4n) is 4.38. The van der Waals surface area contributed by atoms with Crippen LogP contribution in [0.3, 0.4) is 0 Å². The maximum atomic E-state index is 13.6. The van der Waals surface area contributed by atoms with Gasteiger partial charge in [-0.3, -0.25) is 14.8 Å². The summed E-state index contributed by atoms with van der Waals surface area (Å²) >= 11 is 0. The van der Waals surface area contributed by atoms with E-state index >= 15 is 0 Å². The molecule has 0 bridgehead atoms. The molecule has 3 aliphatic rings. The van der Waals surface area contributed by atoms with Crippen molar-refractivity contribution in [2.24, 2.45) is 4.99 Å². The van der Waals surface area contributed by atoms with Crippen molar-refractivity contribution in [2.45, 2.75) is 25.9 Å². The van der Waals surface area contributed by atoms with Gasteiger partial charge in [-0.1, -0.05) is 19.1 Å². The quantitative estimate of drug-likeness (QED) is 0.743. The standard InChI is InChI=1S/C23H27N5O3/c1-3-17-13-25-22-21-20(12-18(14-24-21)26-8-10-31-11-9-26)27(23(29)28(17)22)15-16-4-6-19(30-2)7-5-16/h4-7,12,14,17H,3,8-11,13,15H2,1-2H3. The van der Waals surface area contributed by atoms with Crippen molar-refractivity contribution in [2.75, 3.05) is 49.8 Å². The first-order chi connectivity index (χ1) is 15.2. The molecule has 1 aromatic carbocycles. The Hall–Kier alpha value is -3.13. The number of pyridine rings is 1. The molecule has 1 unspecified atom stereocenters. The summed E-state index contributed by atoms with van der Waals surface area (Å²) in [6.45, 7) is 6.21. The SMILES string of the molecule is CCC1CN=C2c3ncc(N4CCOCC4)cc3N(Cc3ccc(OC)cc3)C(=O)N21. The van der Waals surface area contributed by atoms with Crippen LogP contribution in [0.15, 0.2) is 41.5 Å². The van der Waals surface area contributed by atoms with E-state index in [0.29, 0.717) is 32.1 Å². The highest BCUT2D eigenvalue weighted by molar-refractivity contribution is 6.19. The molecule has 1 atom stereocenters. The number of aliphatic imine (C=N–C) groups is 1. The third-order valence-corrected chi connectivity index (χ3v) is 6.19. The van der Waals surface area contributed by atoms with Crippen LogP contribution in [0.5, 0.6) is 5.75 Å². The van der Waals surface area contributed by atoms with Crippen molar-refractivity contribution in [3.8, 4) is 5.75 Å². The number of urea groups is 1. The zero-order valence-electron chi connectivity index (χ0n) is 18.0. The Morgan fingerprint density at radius 3 is 2.68 bits per heavy atom. The molecule has 8 nitrogen and oxygen atoms in total. The van der Waals surface area contributed by atoms with Crippen LogP contribution in [0.2, 0.25) is 0 Å². The Balaban J connectivity index is 1.54. The van der Waals surface area contributed by atoms with E-state index in [1.807, 2.05) is 40.3 Å². The highest BCUT2D eigenvalue weighted by atomic mass is 16.5. The molecule has 162 valence electrons. The number of morpholine rings is 1. The Morgan fingerprint density at radius 1 is 1.19 bits per heavy atom. The molecule has 2 amide bonds. The van der Waals surface area contributed by atoms with E-state index in [9.17, 15) is 4.79 Å². The normalized spacial score (nSPS) is 20.5. The highest BCUT2D eigenvalue weighted by Crippen LogP contribution is 2.36. The number of anilines is 2. The van der Waals surface area contributed by atoms with Crippen LogP contribution in [0.25, 0.3) is 0 Å². The van der Waals surface area contributed by atoms with Crippen molar-refractivity contribution in [1.29, 1.82) is 0 Å². The van der Waals surface area contributed by atoms with Crippen LogP contribution in [0, 0.1) is 0 Å². The number of nitrogens with zero attached hydrogens (tertiary/aromatic N) is 5. The number of rotatable bonds is 5. The number of carbonyl (C=O) groups excluding carboxylic acids is 1. The molecule has 1 aromatic heterocycles. The van der Waals surface area contributed by atoms with E-state index in [0.717, 1.165) is 47.9 Å². The summed E-state index contributed by atoms with van der Waals surface area (Å²) in [5.41, 5.74) is 3.64. The average molecular weight is 422 g/mol. The lowest BCUT2D eigenvalue weighted by molar-refractivity contribution is 0.122. The van der Waals surface area contributed by atoms with E-state index in [4.69, 9.17) is 19.5 Å². The lowest BCUT2D eigenvalue weighted by Gasteiger charge is -2.38. The second-order valence-electron chi connectivity index (χ2n) is 7.97. The first-order valence-electron chi connectivity index (χ1n) is 10.8. The van der Waals surface area contributed by atoms with Crippen LogP contribution in [-0.4, -0.2) is 67.8 Å². The minimum absolute atomic E-state index is 0.0349. The molecule has 4 heterocycles. The number of aromatic nitrogens is 1. The lowest BCUT2D eigenvalue weighted by atomic mass is 10.1. The van der Waals surface area contributed by atoms with E-state index < -0.39 is 0 Å². The van der Waals surface area contributed by atoms with Crippen LogP contribution in [0.4, 0.5) is 16.2 Å². The van der Waals surface area contributed by atoms with Crippen molar-refractivity contribution in [1.82, 2.24) is 9.88 Å². The second kappa shape index (κ2) is 8.19. The predicted molar refractivity (Wildman–Crippen MR) is 119 cm³/mol. The largest absolute Gasteiger partial charge is 0.497 e. The predicted octanol–water partition coefficient (Wildman–Crippen LogP) is 2.91. The summed E-state index contributed by atoms with van der Waals surface area (Å²) in [5.74, 6) is 1.50. The van der Waals surface area contributed by atoms with Gasteiger partial charge < -0.3 is 14.4 Å². The van der Waals surface area contributed by atoms with Gasteiger partial charge in [0.2, 0.25) is 0 Å². The van der Waals surface area contributed by atoms with Crippen molar-refractivity contribution < 1.29 is 14.3 Å². The third-order valence-electron chi connectivity index (χ3n) is 6.19. The molecule has 0 radical (unpaired) electrons. The first-order valence-corrected chi connectivity index (χ1v) is 10.8. The van der Waals surface area contributed by atoms with Gasteiger partial charge in [0, 0.05) is 13.1 Å². The molecular weight excluding hydrogens is 394 g/mol. The number of fused-ring (bicyclic) bond motifs is 3.